The van der Waals surface area contributed by atoms with Crippen LogP contribution in [0.15, 0.2) is 54.9 Å². The minimum absolute atomic E-state index is 0.676. The van der Waals surface area contributed by atoms with Gasteiger partial charge in [0.2, 0.25) is 12.4 Å². The van der Waals surface area contributed by atoms with Gasteiger partial charge in [0.25, 0.3) is 0 Å². The molecule has 2 rings (SSSR count). The molecule has 0 fully saturated rings. The molecule has 1 heterocycles. The van der Waals surface area contributed by atoms with Gasteiger partial charge in [-0.2, -0.15) is 0 Å². The van der Waals surface area contributed by atoms with Gasteiger partial charge < -0.3 is 17.3 Å². The summed E-state index contributed by atoms with van der Waals surface area (Å²) in [7, 11) is -6.00. The average Bonchev–Trinajstić information content (AvgIpc) is 2.39. The van der Waals surface area contributed by atoms with E-state index in [0.717, 1.165) is 0 Å². The monoisotopic (exact) mass is 287 g/mol. The zero-order chi connectivity index (χ0) is 15.0. The first-order valence-corrected chi connectivity index (χ1v) is 5.97. The Balaban J connectivity index is 0.000000347. The van der Waals surface area contributed by atoms with E-state index in [1.807, 2.05) is 49.6 Å². The Morgan fingerprint density at radius 1 is 0.900 bits per heavy atom. The van der Waals surface area contributed by atoms with Crippen LogP contribution in [0.2, 0.25) is 0 Å². The van der Waals surface area contributed by atoms with Gasteiger partial charge in [0, 0.05) is 16.9 Å². The quantitative estimate of drug-likeness (QED) is 0.479. The highest BCUT2D eigenvalue weighted by Crippen LogP contribution is 2.16. The van der Waals surface area contributed by atoms with Crippen molar-refractivity contribution in [1.82, 2.24) is 0 Å². The molecule has 1 aromatic carbocycles. The molecule has 0 aliphatic rings. The second kappa shape index (κ2) is 7.52. The number of halogens is 4. The topological polar surface area (TPSA) is 13.1 Å². The fraction of sp³-hybridized carbons (Fsp3) is 0.154. The first kappa shape index (κ1) is 16.0. The summed E-state index contributed by atoms with van der Waals surface area (Å²) in [4.78, 5) is 5.31. The van der Waals surface area contributed by atoms with Gasteiger partial charge in [-0.3, -0.25) is 4.84 Å². The third kappa shape index (κ3) is 6.77. The minimum Gasteiger partial charge on any atom is -0.418 e. The van der Waals surface area contributed by atoms with Crippen LogP contribution < -0.4 is 9.57 Å². The molecule has 0 radical (unpaired) electrons. The summed E-state index contributed by atoms with van der Waals surface area (Å²) in [5, 5.41) is 0. The normalized spacial score (nSPS) is 10.4. The second-order valence-electron chi connectivity index (χ2n) is 3.73. The van der Waals surface area contributed by atoms with Crippen LogP contribution in [0.4, 0.5) is 17.3 Å². The van der Waals surface area contributed by atoms with Crippen LogP contribution in [-0.4, -0.2) is 13.9 Å². The van der Waals surface area contributed by atoms with E-state index < -0.39 is 7.25 Å². The zero-order valence-electron chi connectivity index (χ0n) is 10.8. The average molecular weight is 287 g/mol. The van der Waals surface area contributed by atoms with Crippen molar-refractivity contribution in [3.8, 4) is 11.1 Å². The molecule has 2 nitrogen and oxygen atoms in total. The van der Waals surface area contributed by atoms with Crippen LogP contribution >= 0.6 is 0 Å². The molecule has 0 spiro atoms. The van der Waals surface area contributed by atoms with Gasteiger partial charge in [-0.25, -0.2) is 0 Å². The molecule has 0 unspecified atom stereocenters. The molecule has 108 valence electrons. The molecule has 0 aliphatic carbocycles. The fourth-order valence-corrected chi connectivity index (χ4v) is 1.47. The van der Waals surface area contributed by atoms with Crippen molar-refractivity contribution in [2.45, 2.75) is 6.92 Å². The number of pyridine rings is 1. The SMILES string of the molecule is CCO[n+]1ccc(-c2ccccc2)cc1.F[B-](F)(F)F. The van der Waals surface area contributed by atoms with Crippen molar-refractivity contribution < 1.29 is 26.8 Å². The summed E-state index contributed by atoms with van der Waals surface area (Å²) in [6.45, 7) is 2.65. The predicted octanol–water partition coefficient (Wildman–Crippen LogP) is 3.39. The Bertz CT molecular complexity index is 496. The van der Waals surface area contributed by atoms with Gasteiger partial charge in [0.15, 0.2) is 6.61 Å². The lowest BCUT2D eigenvalue weighted by Crippen LogP contribution is -2.41. The summed E-state index contributed by atoms with van der Waals surface area (Å²) in [6.07, 6.45) is 3.84. The Hall–Kier alpha value is -2.05. The number of rotatable bonds is 3. The van der Waals surface area contributed by atoms with Crippen LogP contribution in [0.25, 0.3) is 11.1 Å². The van der Waals surface area contributed by atoms with Crippen LogP contribution in [0, 0.1) is 0 Å². The molecule has 0 atom stereocenters. The summed E-state index contributed by atoms with van der Waals surface area (Å²) in [5.41, 5.74) is 2.42. The molecule has 0 saturated heterocycles. The number of aromatic nitrogens is 1. The summed E-state index contributed by atoms with van der Waals surface area (Å²) >= 11 is 0. The Morgan fingerprint density at radius 3 is 1.80 bits per heavy atom. The van der Waals surface area contributed by atoms with Gasteiger partial charge in [0.1, 0.15) is 0 Å². The molecule has 1 aromatic heterocycles. The Morgan fingerprint density at radius 2 is 1.35 bits per heavy atom. The molecule has 0 N–H and O–H groups in total. The van der Waals surface area contributed by atoms with E-state index in [1.165, 1.54) is 11.1 Å². The highest BCUT2D eigenvalue weighted by atomic mass is 19.5. The minimum atomic E-state index is -6.00. The lowest BCUT2D eigenvalue weighted by molar-refractivity contribution is -0.890. The standard InChI is InChI=1S/C13H14NO.BF4/c1-2-15-14-10-8-13(9-11-14)12-6-4-3-5-7-12;2-1(3,4)5/h3-11H,2H2,1H3;/q+1;-1. The van der Waals surface area contributed by atoms with Crippen molar-refractivity contribution >= 4 is 7.25 Å². The van der Waals surface area contributed by atoms with E-state index in [9.17, 15) is 17.3 Å². The third-order valence-electron chi connectivity index (χ3n) is 2.19. The molecular formula is C13H14BF4NO. The maximum Gasteiger partial charge on any atom is 0.673 e. The van der Waals surface area contributed by atoms with Crippen LogP contribution in [0.1, 0.15) is 6.92 Å². The molecule has 2 aromatic rings. The Labute approximate surface area is 114 Å². The first-order valence-electron chi connectivity index (χ1n) is 5.97. The number of benzene rings is 1. The van der Waals surface area contributed by atoms with Crippen molar-refractivity contribution in [3.05, 3.63) is 54.9 Å². The van der Waals surface area contributed by atoms with E-state index in [0.29, 0.717) is 6.61 Å². The zero-order valence-corrected chi connectivity index (χ0v) is 10.8. The summed E-state index contributed by atoms with van der Waals surface area (Å²) in [6, 6.07) is 14.4. The molecule has 0 saturated carbocycles. The van der Waals surface area contributed by atoms with E-state index in [-0.39, 0.29) is 0 Å². The highest BCUT2D eigenvalue weighted by molar-refractivity contribution is 6.50. The van der Waals surface area contributed by atoms with E-state index >= 15 is 0 Å². The smallest absolute Gasteiger partial charge is 0.418 e. The van der Waals surface area contributed by atoms with Crippen molar-refractivity contribution in [1.29, 1.82) is 0 Å². The van der Waals surface area contributed by atoms with Crippen LogP contribution in [-0.2, 0) is 0 Å². The van der Waals surface area contributed by atoms with Gasteiger partial charge >= 0.3 is 7.25 Å². The molecule has 7 heteroatoms. The molecule has 0 amide bonds. The van der Waals surface area contributed by atoms with Crippen molar-refractivity contribution in [2.24, 2.45) is 0 Å². The summed E-state index contributed by atoms with van der Waals surface area (Å²) < 4.78 is 40.7. The first-order chi connectivity index (χ1) is 9.40. The van der Waals surface area contributed by atoms with Gasteiger partial charge in [-0.1, -0.05) is 30.3 Å². The maximum atomic E-state index is 9.75. The number of nitrogens with zero attached hydrogens (tertiary/aromatic N) is 1. The lowest BCUT2D eigenvalue weighted by atomic mass is 10.1. The van der Waals surface area contributed by atoms with E-state index in [4.69, 9.17) is 4.84 Å². The lowest BCUT2D eigenvalue weighted by Gasteiger charge is -1.99. The van der Waals surface area contributed by atoms with Crippen molar-refractivity contribution in [2.75, 3.05) is 6.61 Å². The van der Waals surface area contributed by atoms with E-state index in [1.54, 1.807) is 4.73 Å². The largest absolute Gasteiger partial charge is 0.673 e. The molecule has 20 heavy (non-hydrogen) atoms. The number of hydrogen-bond acceptors (Lipinski definition) is 1. The highest BCUT2D eigenvalue weighted by Gasteiger charge is 2.20. The summed E-state index contributed by atoms with van der Waals surface area (Å²) in [5.74, 6) is 0. The van der Waals surface area contributed by atoms with E-state index in [2.05, 4.69) is 12.1 Å². The Kier molecular flexibility index (Phi) is 6.02. The van der Waals surface area contributed by atoms with Gasteiger partial charge in [-0.05, 0) is 18.1 Å². The molecule has 0 bridgehead atoms. The van der Waals surface area contributed by atoms with Crippen LogP contribution in [0.5, 0.6) is 0 Å². The maximum absolute atomic E-state index is 9.75. The second-order valence-corrected chi connectivity index (χ2v) is 3.73. The number of hydrogen-bond donors (Lipinski definition) is 0. The molecule has 0 aliphatic heterocycles. The fourth-order valence-electron chi connectivity index (χ4n) is 1.47. The van der Waals surface area contributed by atoms with Gasteiger partial charge in [-0.15, -0.1) is 0 Å². The van der Waals surface area contributed by atoms with Gasteiger partial charge in [0.05, 0.1) is 0 Å². The predicted molar refractivity (Wildman–Crippen MR) is 69.4 cm³/mol. The molecular weight excluding hydrogens is 273 g/mol. The van der Waals surface area contributed by atoms with Crippen LogP contribution in [0.3, 0.4) is 0 Å². The third-order valence-corrected chi connectivity index (χ3v) is 2.19. The van der Waals surface area contributed by atoms with Crippen molar-refractivity contribution in [3.63, 3.8) is 0 Å².